The highest BCUT2D eigenvalue weighted by molar-refractivity contribution is 6.03. The fourth-order valence-corrected chi connectivity index (χ4v) is 2.76. The molecule has 2 N–H and O–H groups in total. The summed E-state index contributed by atoms with van der Waals surface area (Å²) >= 11 is 0. The van der Waals surface area contributed by atoms with Crippen molar-refractivity contribution >= 4 is 17.3 Å². The van der Waals surface area contributed by atoms with Gasteiger partial charge in [0, 0.05) is 6.54 Å². The lowest BCUT2D eigenvalue weighted by atomic mass is 10.2. The second-order valence-corrected chi connectivity index (χ2v) is 6.13. The SMILES string of the molecule is COc1ccccc1NC(=O)c1ccc(NCc2ccc(OC)c(OC)c2)cn1. The van der Waals surface area contributed by atoms with Crippen molar-refractivity contribution in [1.82, 2.24) is 4.98 Å². The minimum absolute atomic E-state index is 0.305. The number of ether oxygens (including phenoxy) is 3. The normalized spacial score (nSPS) is 10.2. The van der Waals surface area contributed by atoms with Crippen molar-refractivity contribution in [1.29, 1.82) is 0 Å². The largest absolute Gasteiger partial charge is 0.495 e. The maximum Gasteiger partial charge on any atom is 0.274 e. The summed E-state index contributed by atoms with van der Waals surface area (Å²) in [6, 6.07) is 16.4. The first-order chi connectivity index (χ1) is 14.1. The molecule has 3 aromatic rings. The summed E-state index contributed by atoms with van der Waals surface area (Å²) in [5.74, 6) is 1.65. The molecule has 0 bridgehead atoms. The van der Waals surface area contributed by atoms with Crippen LogP contribution < -0.4 is 24.8 Å². The maximum absolute atomic E-state index is 12.4. The molecule has 7 nitrogen and oxygen atoms in total. The number of hydrogen-bond acceptors (Lipinski definition) is 6. The Morgan fingerprint density at radius 1 is 0.897 bits per heavy atom. The van der Waals surface area contributed by atoms with Crippen molar-refractivity contribution in [3.8, 4) is 17.2 Å². The molecule has 1 heterocycles. The van der Waals surface area contributed by atoms with Crippen LogP contribution >= 0.6 is 0 Å². The topological polar surface area (TPSA) is 81.7 Å². The highest BCUT2D eigenvalue weighted by Crippen LogP contribution is 2.28. The van der Waals surface area contributed by atoms with E-state index in [1.165, 1.54) is 0 Å². The molecule has 29 heavy (non-hydrogen) atoms. The van der Waals surface area contributed by atoms with Gasteiger partial charge in [-0.05, 0) is 42.0 Å². The van der Waals surface area contributed by atoms with Gasteiger partial charge in [-0.1, -0.05) is 18.2 Å². The first kappa shape index (κ1) is 20.0. The van der Waals surface area contributed by atoms with Crippen LogP contribution in [0.4, 0.5) is 11.4 Å². The zero-order valence-corrected chi connectivity index (χ0v) is 16.6. The van der Waals surface area contributed by atoms with Gasteiger partial charge in [0.1, 0.15) is 11.4 Å². The molecule has 0 aliphatic heterocycles. The minimum atomic E-state index is -0.305. The summed E-state index contributed by atoms with van der Waals surface area (Å²) in [5, 5.41) is 6.08. The Kier molecular flexibility index (Phi) is 6.52. The number of methoxy groups -OCH3 is 3. The number of nitrogens with one attached hydrogen (secondary N) is 2. The Morgan fingerprint density at radius 2 is 1.66 bits per heavy atom. The zero-order valence-electron chi connectivity index (χ0n) is 16.6. The molecule has 0 unspecified atom stereocenters. The first-order valence-electron chi connectivity index (χ1n) is 8.99. The third kappa shape index (κ3) is 4.95. The van der Waals surface area contributed by atoms with Crippen LogP contribution in [-0.2, 0) is 6.54 Å². The molecule has 150 valence electrons. The van der Waals surface area contributed by atoms with Gasteiger partial charge in [-0.25, -0.2) is 4.98 Å². The Balaban J connectivity index is 1.62. The highest BCUT2D eigenvalue weighted by atomic mass is 16.5. The van der Waals surface area contributed by atoms with Crippen molar-refractivity contribution in [2.24, 2.45) is 0 Å². The van der Waals surface area contributed by atoms with Crippen molar-refractivity contribution in [2.45, 2.75) is 6.54 Å². The summed E-state index contributed by atoms with van der Waals surface area (Å²) in [6.45, 7) is 0.578. The number of pyridine rings is 1. The van der Waals surface area contributed by atoms with Crippen LogP contribution in [0.5, 0.6) is 17.2 Å². The second kappa shape index (κ2) is 9.45. The van der Waals surface area contributed by atoms with Crippen molar-refractivity contribution in [3.63, 3.8) is 0 Å². The third-order valence-corrected chi connectivity index (χ3v) is 4.30. The van der Waals surface area contributed by atoms with Crippen molar-refractivity contribution in [3.05, 3.63) is 72.1 Å². The van der Waals surface area contributed by atoms with Gasteiger partial charge in [-0.3, -0.25) is 4.79 Å². The van der Waals surface area contributed by atoms with Gasteiger partial charge in [0.15, 0.2) is 11.5 Å². The number of carbonyl (C=O) groups excluding carboxylic acids is 1. The average molecular weight is 393 g/mol. The van der Waals surface area contributed by atoms with Gasteiger partial charge >= 0.3 is 0 Å². The van der Waals surface area contributed by atoms with E-state index < -0.39 is 0 Å². The number of rotatable bonds is 8. The molecule has 0 atom stereocenters. The molecular formula is C22H23N3O4. The molecule has 0 saturated carbocycles. The van der Waals surface area contributed by atoms with Crippen LogP contribution in [0, 0.1) is 0 Å². The van der Waals surface area contributed by atoms with Crippen LogP contribution in [-0.4, -0.2) is 32.2 Å². The van der Waals surface area contributed by atoms with Crippen LogP contribution in [0.1, 0.15) is 16.1 Å². The molecule has 0 spiro atoms. The maximum atomic E-state index is 12.4. The Labute approximate surface area is 169 Å². The smallest absolute Gasteiger partial charge is 0.274 e. The van der Waals surface area contributed by atoms with E-state index in [2.05, 4.69) is 15.6 Å². The Morgan fingerprint density at radius 3 is 2.34 bits per heavy atom. The second-order valence-electron chi connectivity index (χ2n) is 6.13. The summed E-state index contributed by atoms with van der Waals surface area (Å²) < 4.78 is 15.8. The molecule has 2 aromatic carbocycles. The van der Waals surface area contributed by atoms with Crippen LogP contribution in [0.25, 0.3) is 0 Å². The number of anilines is 2. The van der Waals surface area contributed by atoms with Gasteiger partial charge in [-0.15, -0.1) is 0 Å². The summed E-state index contributed by atoms with van der Waals surface area (Å²) in [4.78, 5) is 16.7. The lowest BCUT2D eigenvalue weighted by Crippen LogP contribution is -2.14. The third-order valence-electron chi connectivity index (χ3n) is 4.30. The lowest BCUT2D eigenvalue weighted by Gasteiger charge is -2.11. The quantitative estimate of drug-likeness (QED) is 0.603. The van der Waals surface area contributed by atoms with Crippen LogP contribution in [0.3, 0.4) is 0 Å². The summed E-state index contributed by atoms with van der Waals surface area (Å²) in [7, 11) is 4.77. The summed E-state index contributed by atoms with van der Waals surface area (Å²) in [6.07, 6.45) is 1.62. The highest BCUT2D eigenvalue weighted by Gasteiger charge is 2.11. The van der Waals surface area contributed by atoms with E-state index in [9.17, 15) is 4.79 Å². The molecular weight excluding hydrogens is 370 g/mol. The molecule has 0 aliphatic carbocycles. The van der Waals surface area contributed by atoms with E-state index in [0.29, 0.717) is 35.2 Å². The predicted octanol–water partition coefficient (Wildman–Crippen LogP) is 3.97. The van der Waals surface area contributed by atoms with Gasteiger partial charge in [-0.2, -0.15) is 0 Å². The van der Waals surface area contributed by atoms with E-state index in [0.717, 1.165) is 11.3 Å². The molecule has 1 amide bonds. The number of amides is 1. The average Bonchev–Trinajstić information content (AvgIpc) is 2.78. The fraction of sp³-hybridized carbons (Fsp3) is 0.182. The van der Waals surface area contributed by atoms with Crippen LogP contribution in [0.15, 0.2) is 60.8 Å². The van der Waals surface area contributed by atoms with Gasteiger partial charge in [0.2, 0.25) is 0 Å². The molecule has 7 heteroatoms. The van der Waals surface area contributed by atoms with E-state index >= 15 is 0 Å². The lowest BCUT2D eigenvalue weighted by molar-refractivity contribution is 0.102. The Hall–Kier alpha value is -3.74. The number of aromatic nitrogens is 1. The minimum Gasteiger partial charge on any atom is -0.495 e. The molecule has 1 aromatic heterocycles. The number of hydrogen-bond donors (Lipinski definition) is 2. The van der Waals surface area contributed by atoms with Crippen molar-refractivity contribution < 1.29 is 19.0 Å². The number of nitrogens with zero attached hydrogens (tertiary/aromatic N) is 1. The predicted molar refractivity (Wildman–Crippen MR) is 112 cm³/mol. The molecule has 0 aliphatic rings. The number of benzene rings is 2. The van der Waals surface area contributed by atoms with E-state index in [1.807, 2.05) is 36.4 Å². The molecule has 0 radical (unpaired) electrons. The molecule has 0 saturated heterocycles. The number of carbonyl (C=O) groups is 1. The first-order valence-corrected chi connectivity index (χ1v) is 8.99. The number of para-hydroxylation sites is 2. The fourth-order valence-electron chi connectivity index (χ4n) is 2.76. The van der Waals surface area contributed by atoms with Gasteiger partial charge in [0.05, 0.1) is 38.9 Å². The monoisotopic (exact) mass is 393 g/mol. The molecule has 0 fully saturated rings. The van der Waals surface area contributed by atoms with Gasteiger partial charge < -0.3 is 24.8 Å². The zero-order chi connectivity index (χ0) is 20.6. The van der Waals surface area contributed by atoms with Crippen molar-refractivity contribution in [2.75, 3.05) is 32.0 Å². The van der Waals surface area contributed by atoms with Gasteiger partial charge in [0.25, 0.3) is 5.91 Å². The summed E-state index contributed by atoms with van der Waals surface area (Å²) in [5.41, 5.74) is 2.74. The molecule has 3 rings (SSSR count). The van der Waals surface area contributed by atoms with E-state index in [4.69, 9.17) is 14.2 Å². The standard InChI is InChI=1S/C22H23N3O4/c1-27-19-7-5-4-6-17(19)25-22(26)18-10-9-16(14-24-18)23-13-15-8-11-20(28-2)21(12-15)29-3/h4-12,14,23H,13H2,1-3H3,(H,25,26). The van der Waals surface area contributed by atoms with E-state index in [1.54, 1.807) is 45.7 Å². The Bertz CT molecular complexity index is 974. The van der Waals surface area contributed by atoms with Crippen LogP contribution in [0.2, 0.25) is 0 Å². The van der Waals surface area contributed by atoms with E-state index in [-0.39, 0.29) is 5.91 Å².